The third kappa shape index (κ3) is 4.38. The van der Waals surface area contributed by atoms with E-state index in [2.05, 4.69) is 10.3 Å². The van der Waals surface area contributed by atoms with Gasteiger partial charge in [0.05, 0.1) is 6.54 Å². The first-order chi connectivity index (χ1) is 11.7. The first kappa shape index (κ1) is 16.6. The molecule has 1 N–H and O–H groups in total. The largest absolute Gasteiger partial charge is 0.487 e. The molecule has 3 rings (SSSR count). The van der Waals surface area contributed by atoms with Crippen LogP contribution < -0.4 is 10.1 Å². The number of pyridine rings is 1. The lowest BCUT2D eigenvalue weighted by Gasteiger charge is -2.33. The molecule has 2 amide bonds. The van der Waals surface area contributed by atoms with Crippen molar-refractivity contribution in [3.63, 3.8) is 0 Å². The second-order valence-electron chi connectivity index (χ2n) is 5.78. The van der Waals surface area contributed by atoms with Gasteiger partial charge >= 0.3 is 6.03 Å². The van der Waals surface area contributed by atoms with Crippen molar-refractivity contribution in [2.75, 3.05) is 13.1 Å². The third-order valence-electron chi connectivity index (χ3n) is 3.98. The molecule has 2 heterocycles. The van der Waals surface area contributed by atoms with Crippen molar-refractivity contribution in [2.45, 2.75) is 25.5 Å². The van der Waals surface area contributed by atoms with Gasteiger partial charge in [0.25, 0.3) is 0 Å². The van der Waals surface area contributed by atoms with Crippen molar-refractivity contribution in [3.8, 4) is 5.75 Å². The van der Waals surface area contributed by atoms with Crippen molar-refractivity contribution in [2.24, 2.45) is 0 Å². The van der Waals surface area contributed by atoms with Gasteiger partial charge in [0, 0.05) is 31.5 Å². The number of hydrogen-bond acceptors (Lipinski definition) is 3. The summed E-state index contributed by atoms with van der Waals surface area (Å²) in [5.74, 6) is 0.614. The van der Waals surface area contributed by atoms with Gasteiger partial charge < -0.3 is 15.0 Å². The van der Waals surface area contributed by atoms with Crippen LogP contribution in [0.25, 0.3) is 0 Å². The van der Waals surface area contributed by atoms with Crippen LogP contribution in [0.4, 0.5) is 4.79 Å². The number of urea groups is 1. The molecule has 2 aromatic rings. The molecule has 0 radical (unpaired) electrons. The Labute approximate surface area is 146 Å². The predicted octanol–water partition coefficient (Wildman–Crippen LogP) is 3.49. The Morgan fingerprint density at radius 1 is 1.33 bits per heavy atom. The minimum Gasteiger partial charge on any atom is -0.487 e. The number of nitrogens with zero attached hydrogens (tertiary/aromatic N) is 2. The average molecular weight is 346 g/mol. The summed E-state index contributed by atoms with van der Waals surface area (Å²) < 4.78 is 5.94. The molecule has 1 fully saturated rings. The van der Waals surface area contributed by atoms with Crippen LogP contribution in [0.15, 0.2) is 48.8 Å². The van der Waals surface area contributed by atoms with E-state index in [4.69, 9.17) is 16.3 Å². The lowest BCUT2D eigenvalue weighted by molar-refractivity contribution is 0.101. The number of carbonyl (C=O) groups is 1. The summed E-state index contributed by atoms with van der Waals surface area (Å²) in [7, 11) is 0. The van der Waals surface area contributed by atoms with E-state index in [0.717, 1.165) is 24.9 Å². The number of piperidine rings is 1. The first-order valence-electron chi connectivity index (χ1n) is 8.05. The molecule has 1 aliphatic rings. The molecule has 0 unspecified atom stereocenters. The number of nitrogens with one attached hydrogen (secondary N) is 1. The molecule has 0 spiro atoms. The Kier molecular flexibility index (Phi) is 5.54. The third-order valence-corrected chi connectivity index (χ3v) is 4.26. The van der Waals surface area contributed by atoms with Crippen molar-refractivity contribution in [1.29, 1.82) is 0 Å². The summed E-state index contributed by atoms with van der Waals surface area (Å²) >= 11 is 6.08. The molecular weight excluding hydrogens is 326 g/mol. The minimum atomic E-state index is -0.0621. The van der Waals surface area contributed by atoms with Gasteiger partial charge in [-0.2, -0.15) is 0 Å². The van der Waals surface area contributed by atoms with Crippen LogP contribution in [-0.4, -0.2) is 35.1 Å². The summed E-state index contributed by atoms with van der Waals surface area (Å²) in [6.07, 6.45) is 4.97. The van der Waals surface area contributed by atoms with Gasteiger partial charge in [-0.05, 0) is 18.4 Å². The molecule has 1 aromatic heterocycles. The maximum atomic E-state index is 12.4. The van der Waals surface area contributed by atoms with E-state index in [0.29, 0.717) is 23.9 Å². The zero-order valence-corrected chi connectivity index (χ0v) is 14.1. The molecule has 126 valence electrons. The molecule has 5 nitrogen and oxygen atoms in total. The molecule has 1 atom stereocenters. The Bertz CT molecular complexity index is 681. The Morgan fingerprint density at radius 3 is 2.96 bits per heavy atom. The van der Waals surface area contributed by atoms with Crippen molar-refractivity contribution < 1.29 is 9.53 Å². The Morgan fingerprint density at radius 2 is 2.17 bits per heavy atom. The number of halogens is 1. The summed E-state index contributed by atoms with van der Waals surface area (Å²) in [4.78, 5) is 18.1. The van der Waals surface area contributed by atoms with E-state index in [1.54, 1.807) is 23.4 Å². The van der Waals surface area contributed by atoms with Gasteiger partial charge in [0.1, 0.15) is 16.9 Å². The summed E-state index contributed by atoms with van der Waals surface area (Å²) in [5.41, 5.74) is 1.08. The standard InChI is InChI=1S/C18H20ClN3O2/c19-16-12-20-9-8-17(16)24-15-7-4-10-22(13-15)18(23)21-11-14-5-2-1-3-6-14/h1-3,5-6,8-9,12,15H,4,7,10-11,13H2,(H,21,23)/t15-/m1/s1. The summed E-state index contributed by atoms with van der Waals surface area (Å²) in [6, 6.07) is 11.6. The van der Waals surface area contributed by atoms with Gasteiger partial charge in [0.2, 0.25) is 0 Å². The van der Waals surface area contributed by atoms with Gasteiger partial charge in [-0.25, -0.2) is 4.79 Å². The predicted molar refractivity (Wildman–Crippen MR) is 93.1 cm³/mol. The zero-order chi connectivity index (χ0) is 16.8. The fourth-order valence-corrected chi connectivity index (χ4v) is 2.91. The lowest BCUT2D eigenvalue weighted by Crippen LogP contribution is -2.48. The second-order valence-corrected chi connectivity index (χ2v) is 6.19. The molecule has 24 heavy (non-hydrogen) atoms. The SMILES string of the molecule is O=C(NCc1ccccc1)N1CCC[C@@H](Oc2ccncc2Cl)C1. The van der Waals surface area contributed by atoms with E-state index >= 15 is 0 Å². The fourth-order valence-electron chi connectivity index (χ4n) is 2.74. The monoisotopic (exact) mass is 345 g/mol. The number of benzene rings is 1. The van der Waals surface area contributed by atoms with E-state index in [1.165, 1.54) is 0 Å². The van der Waals surface area contributed by atoms with Crippen LogP contribution in [0.2, 0.25) is 5.02 Å². The average Bonchev–Trinajstić information content (AvgIpc) is 2.63. The highest BCUT2D eigenvalue weighted by molar-refractivity contribution is 6.31. The zero-order valence-electron chi connectivity index (χ0n) is 13.3. The number of amides is 2. The molecule has 0 aliphatic carbocycles. The highest BCUT2D eigenvalue weighted by atomic mass is 35.5. The van der Waals surface area contributed by atoms with Gasteiger partial charge in [0.15, 0.2) is 0 Å². The van der Waals surface area contributed by atoms with Gasteiger partial charge in [-0.3, -0.25) is 4.98 Å². The van der Waals surface area contributed by atoms with E-state index in [-0.39, 0.29) is 12.1 Å². The van der Waals surface area contributed by atoms with Gasteiger partial charge in [-0.15, -0.1) is 0 Å². The Hall–Kier alpha value is -2.27. The van der Waals surface area contributed by atoms with Crippen LogP contribution in [0.5, 0.6) is 5.75 Å². The fraction of sp³-hybridized carbons (Fsp3) is 0.333. The number of aromatic nitrogens is 1. The van der Waals surface area contributed by atoms with Crippen molar-refractivity contribution >= 4 is 17.6 Å². The van der Waals surface area contributed by atoms with Crippen LogP contribution in [0, 0.1) is 0 Å². The lowest BCUT2D eigenvalue weighted by atomic mass is 10.1. The number of rotatable bonds is 4. The maximum absolute atomic E-state index is 12.4. The quantitative estimate of drug-likeness (QED) is 0.922. The van der Waals surface area contributed by atoms with Crippen LogP contribution in [-0.2, 0) is 6.54 Å². The van der Waals surface area contributed by atoms with E-state index in [1.807, 2.05) is 30.3 Å². The molecule has 6 heteroatoms. The van der Waals surface area contributed by atoms with E-state index < -0.39 is 0 Å². The van der Waals surface area contributed by atoms with Gasteiger partial charge in [-0.1, -0.05) is 41.9 Å². The number of ether oxygens (including phenoxy) is 1. The second kappa shape index (κ2) is 8.02. The molecule has 1 saturated heterocycles. The Balaban J connectivity index is 1.53. The number of likely N-dealkylation sites (tertiary alicyclic amines) is 1. The number of carbonyl (C=O) groups excluding carboxylic acids is 1. The maximum Gasteiger partial charge on any atom is 0.317 e. The smallest absolute Gasteiger partial charge is 0.317 e. The molecule has 1 aromatic carbocycles. The van der Waals surface area contributed by atoms with E-state index in [9.17, 15) is 4.79 Å². The first-order valence-corrected chi connectivity index (χ1v) is 8.43. The topological polar surface area (TPSA) is 54.5 Å². The summed E-state index contributed by atoms with van der Waals surface area (Å²) in [5, 5.41) is 3.45. The van der Waals surface area contributed by atoms with Crippen molar-refractivity contribution in [1.82, 2.24) is 15.2 Å². The molecule has 1 aliphatic heterocycles. The summed E-state index contributed by atoms with van der Waals surface area (Å²) in [6.45, 7) is 1.82. The minimum absolute atomic E-state index is 0.0545. The normalized spacial score (nSPS) is 17.4. The van der Waals surface area contributed by atoms with Crippen LogP contribution >= 0.6 is 11.6 Å². The highest BCUT2D eigenvalue weighted by Gasteiger charge is 2.25. The number of hydrogen-bond donors (Lipinski definition) is 1. The van der Waals surface area contributed by atoms with Crippen LogP contribution in [0.1, 0.15) is 18.4 Å². The molecular formula is C18H20ClN3O2. The van der Waals surface area contributed by atoms with Crippen LogP contribution in [0.3, 0.4) is 0 Å². The van der Waals surface area contributed by atoms with Crippen molar-refractivity contribution in [3.05, 3.63) is 59.4 Å². The highest BCUT2D eigenvalue weighted by Crippen LogP contribution is 2.25. The molecule has 0 bridgehead atoms. The molecule has 0 saturated carbocycles.